The fourth-order valence-corrected chi connectivity index (χ4v) is 3.75. The highest BCUT2D eigenvalue weighted by Gasteiger charge is 2.22. The minimum atomic E-state index is -3.48. The summed E-state index contributed by atoms with van der Waals surface area (Å²) in [5.74, 6) is 0. The van der Waals surface area contributed by atoms with Crippen LogP contribution in [0.5, 0.6) is 0 Å². The molecule has 0 heterocycles. The highest BCUT2D eigenvalue weighted by atomic mass is 32.2. The molecule has 1 N–H and O–H groups in total. The van der Waals surface area contributed by atoms with Crippen LogP contribution in [0.2, 0.25) is 0 Å². The van der Waals surface area contributed by atoms with Crippen LogP contribution >= 0.6 is 0 Å². The molecule has 2 rings (SSSR count). The van der Waals surface area contributed by atoms with E-state index in [1.54, 1.807) is 19.2 Å². The maximum atomic E-state index is 12.7. The third kappa shape index (κ3) is 3.61. The van der Waals surface area contributed by atoms with Crippen molar-refractivity contribution in [2.24, 2.45) is 0 Å². The van der Waals surface area contributed by atoms with Gasteiger partial charge in [0.15, 0.2) is 0 Å². The Bertz CT molecular complexity index is 692. The molecule has 0 aromatic heterocycles. The molecule has 2 aromatic carbocycles. The van der Waals surface area contributed by atoms with Crippen LogP contribution in [0.4, 0.5) is 0 Å². The number of benzene rings is 2. The van der Waals surface area contributed by atoms with Crippen molar-refractivity contribution >= 4 is 20.8 Å². The fourth-order valence-electron chi connectivity index (χ4n) is 2.33. The van der Waals surface area contributed by atoms with Crippen molar-refractivity contribution in [1.29, 1.82) is 0 Å². The van der Waals surface area contributed by atoms with E-state index in [2.05, 4.69) is 0 Å². The molecule has 0 spiro atoms. The van der Waals surface area contributed by atoms with E-state index < -0.39 is 10.0 Å². The number of hydrogen-bond donors (Lipinski definition) is 1. The Kier molecular flexibility index (Phi) is 5.33. The van der Waals surface area contributed by atoms with E-state index in [4.69, 9.17) is 5.11 Å². The summed E-state index contributed by atoms with van der Waals surface area (Å²) in [6.07, 6.45) is 2.29. The van der Waals surface area contributed by atoms with Crippen LogP contribution in [0.25, 0.3) is 10.8 Å². The van der Waals surface area contributed by atoms with Crippen molar-refractivity contribution in [3.63, 3.8) is 0 Å². The number of aliphatic hydroxyl groups excluding tert-OH is 1. The first-order chi connectivity index (χ1) is 10.1. The normalized spacial score (nSPS) is 12.1. The lowest BCUT2D eigenvalue weighted by atomic mass is 10.1. The van der Waals surface area contributed by atoms with Gasteiger partial charge < -0.3 is 5.11 Å². The minimum Gasteiger partial charge on any atom is -0.396 e. The first-order valence-corrected chi connectivity index (χ1v) is 8.56. The van der Waals surface area contributed by atoms with E-state index in [1.807, 2.05) is 30.3 Å². The fraction of sp³-hybridized carbons (Fsp3) is 0.375. The van der Waals surface area contributed by atoms with Gasteiger partial charge in [0, 0.05) is 25.6 Å². The summed E-state index contributed by atoms with van der Waals surface area (Å²) >= 11 is 0. The molecular weight excluding hydrogens is 286 g/mol. The molecule has 0 aliphatic heterocycles. The molecule has 0 atom stereocenters. The maximum Gasteiger partial charge on any atom is 0.243 e. The lowest BCUT2D eigenvalue weighted by Gasteiger charge is -2.18. The SMILES string of the molecule is CN(CCCCCO)S(=O)(=O)c1cccc2ccccc12. The lowest BCUT2D eigenvalue weighted by Crippen LogP contribution is -2.28. The molecule has 21 heavy (non-hydrogen) atoms. The van der Waals surface area contributed by atoms with Crippen molar-refractivity contribution in [3.8, 4) is 0 Å². The smallest absolute Gasteiger partial charge is 0.243 e. The molecule has 4 nitrogen and oxygen atoms in total. The highest BCUT2D eigenvalue weighted by molar-refractivity contribution is 7.89. The average molecular weight is 307 g/mol. The Morgan fingerprint density at radius 3 is 2.48 bits per heavy atom. The van der Waals surface area contributed by atoms with Gasteiger partial charge in [0.25, 0.3) is 0 Å². The topological polar surface area (TPSA) is 57.6 Å². The summed E-state index contributed by atoms with van der Waals surface area (Å²) in [5.41, 5.74) is 0. The Morgan fingerprint density at radius 1 is 1.00 bits per heavy atom. The van der Waals surface area contributed by atoms with E-state index >= 15 is 0 Å². The molecule has 0 saturated heterocycles. The number of aliphatic hydroxyl groups is 1. The van der Waals surface area contributed by atoms with Crippen LogP contribution in [0.3, 0.4) is 0 Å². The minimum absolute atomic E-state index is 0.153. The van der Waals surface area contributed by atoms with Gasteiger partial charge in [-0.05, 0) is 30.7 Å². The average Bonchev–Trinajstić information content (AvgIpc) is 2.50. The zero-order valence-electron chi connectivity index (χ0n) is 12.2. The van der Waals surface area contributed by atoms with Gasteiger partial charge in [-0.25, -0.2) is 12.7 Å². The summed E-state index contributed by atoms with van der Waals surface area (Å²) in [6.45, 7) is 0.616. The second-order valence-corrected chi connectivity index (χ2v) is 7.10. The predicted molar refractivity (Wildman–Crippen MR) is 84.7 cm³/mol. The number of hydrogen-bond acceptors (Lipinski definition) is 3. The molecule has 0 radical (unpaired) electrons. The van der Waals surface area contributed by atoms with E-state index in [1.165, 1.54) is 4.31 Å². The number of fused-ring (bicyclic) bond motifs is 1. The van der Waals surface area contributed by atoms with Crippen molar-refractivity contribution in [2.45, 2.75) is 24.2 Å². The van der Waals surface area contributed by atoms with Crippen molar-refractivity contribution in [2.75, 3.05) is 20.2 Å². The predicted octanol–water partition coefficient (Wildman–Crippen LogP) is 2.62. The van der Waals surface area contributed by atoms with Crippen LogP contribution in [-0.2, 0) is 10.0 Å². The molecule has 2 aromatic rings. The number of nitrogens with zero attached hydrogens (tertiary/aromatic N) is 1. The molecule has 0 saturated carbocycles. The molecule has 114 valence electrons. The summed E-state index contributed by atoms with van der Waals surface area (Å²) in [7, 11) is -1.87. The molecule has 0 aliphatic carbocycles. The third-order valence-electron chi connectivity index (χ3n) is 3.57. The van der Waals surface area contributed by atoms with E-state index in [9.17, 15) is 8.42 Å². The first kappa shape index (κ1) is 15.9. The number of sulfonamides is 1. The number of unbranched alkanes of at least 4 members (excludes halogenated alkanes) is 2. The van der Waals surface area contributed by atoms with Gasteiger partial charge in [-0.1, -0.05) is 36.4 Å². The maximum absolute atomic E-state index is 12.7. The largest absolute Gasteiger partial charge is 0.396 e. The second kappa shape index (κ2) is 7.02. The Labute approximate surface area is 126 Å². The summed E-state index contributed by atoms with van der Waals surface area (Å²) in [4.78, 5) is 0.352. The van der Waals surface area contributed by atoms with Gasteiger partial charge in [-0.3, -0.25) is 0 Å². The molecule has 0 bridgehead atoms. The van der Waals surface area contributed by atoms with Crippen molar-refractivity contribution in [3.05, 3.63) is 42.5 Å². The van der Waals surface area contributed by atoms with E-state index in [0.717, 1.165) is 23.6 Å². The number of rotatable bonds is 7. The lowest BCUT2D eigenvalue weighted by molar-refractivity contribution is 0.281. The summed E-state index contributed by atoms with van der Waals surface area (Å²) < 4.78 is 26.8. The zero-order valence-corrected chi connectivity index (χ0v) is 13.0. The third-order valence-corrected chi connectivity index (χ3v) is 5.48. The quantitative estimate of drug-likeness (QED) is 0.800. The highest BCUT2D eigenvalue weighted by Crippen LogP contribution is 2.25. The van der Waals surface area contributed by atoms with Crippen LogP contribution in [0.1, 0.15) is 19.3 Å². The van der Waals surface area contributed by atoms with Crippen LogP contribution in [0, 0.1) is 0 Å². The van der Waals surface area contributed by atoms with Gasteiger partial charge in [-0.15, -0.1) is 0 Å². The Balaban J connectivity index is 2.25. The second-order valence-electron chi connectivity index (χ2n) is 5.09. The van der Waals surface area contributed by atoms with Crippen molar-refractivity contribution in [1.82, 2.24) is 4.31 Å². The summed E-state index contributed by atoms with van der Waals surface area (Å²) in [6, 6.07) is 12.8. The molecule has 0 unspecified atom stereocenters. The molecule has 0 fully saturated rings. The van der Waals surface area contributed by atoms with Crippen LogP contribution < -0.4 is 0 Å². The Hall–Kier alpha value is -1.43. The van der Waals surface area contributed by atoms with Gasteiger partial charge in [0.05, 0.1) is 4.90 Å². The molecule has 0 aliphatic rings. The van der Waals surface area contributed by atoms with Crippen molar-refractivity contribution < 1.29 is 13.5 Å². The van der Waals surface area contributed by atoms with Gasteiger partial charge >= 0.3 is 0 Å². The molecular formula is C16H21NO3S. The van der Waals surface area contributed by atoms with Crippen LogP contribution in [0.15, 0.2) is 47.4 Å². The van der Waals surface area contributed by atoms with Gasteiger partial charge in [-0.2, -0.15) is 0 Å². The monoisotopic (exact) mass is 307 g/mol. The Morgan fingerprint density at radius 2 is 1.71 bits per heavy atom. The first-order valence-electron chi connectivity index (χ1n) is 7.12. The van der Waals surface area contributed by atoms with Gasteiger partial charge in [0.2, 0.25) is 10.0 Å². The van der Waals surface area contributed by atoms with Crippen LogP contribution in [-0.4, -0.2) is 38.0 Å². The summed E-state index contributed by atoms with van der Waals surface area (Å²) in [5, 5.41) is 10.4. The molecule has 5 heteroatoms. The van der Waals surface area contributed by atoms with E-state index in [0.29, 0.717) is 17.9 Å². The standard InChI is InChI=1S/C16H21NO3S/c1-17(12-5-2-6-13-18)21(19,20)16-11-7-9-14-8-3-4-10-15(14)16/h3-4,7-11,18H,2,5-6,12-13H2,1H3. The zero-order chi connectivity index (χ0) is 15.3. The molecule has 0 amide bonds. The van der Waals surface area contributed by atoms with E-state index in [-0.39, 0.29) is 6.61 Å². The van der Waals surface area contributed by atoms with Gasteiger partial charge in [0.1, 0.15) is 0 Å².